The number of carboxylic acid groups (broad SMARTS) is 1. The fourth-order valence-corrected chi connectivity index (χ4v) is 4.36. The van der Waals surface area contributed by atoms with Crippen LogP contribution in [0, 0.1) is 21.0 Å². The van der Waals surface area contributed by atoms with Crippen molar-refractivity contribution in [1.29, 1.82) is 0 Å². The van der Waals surface area contributed by atoms with Gasteiger partial charge in [-0.25, -0.2) is 0 Å². The Morgan fingerprint density at radius 3 is 2.44 bits per heavy atom. The SMILES string of the molecule is Cc1ccc([I-]c2ccccc2C(=O)[O-])c(C)c1. The van der Waals surface area contributed by atoms with Gasteiger partial charge in [0, 0.05) is 0 Å². The molecule has 0 fully saturated rings. The van der Waals surface area contributed by atoms with Crippen molar-refractivity contribution in [3.8, 4) is 0 Å². The molecule has 0 radical (unpaired) electrons. The van der Waals surface area contributed by atoms with E-state index in [-0.39, 0.29) is 0 Å². The van der Waals surface area contributed by atoms with E-state index in [0.29, 0.717) is 5.56 Å². The van der Waals surface area contributed by atoms with Gasteiger partial charge in [0.2, 0.25) is 0 Å². The number of benzene rings is 2. The molecule has 2 rings (SSSR count). The molecule has 0 N–H and O–H groups in total. The van der Waals surface area contributed by atoms with E-state index in [1.165, 1.54) is 14.7 Å². The summed E-state index contributed by atoms with van der Waals surface area (Å²) in [6, 6.07) is 13.4. The summed E-state index contributed by atoms with van der Waals surface area (Å²) in [7, 11) is 0. The van der Waals surface area contributed by atoms with Gasteiger partial charge in [-0.05, 0) is 0 Å². The van der Waals surface area contributed by atoms with Crippen LogP contribution in [0.3, 0.4) is 0 Å². The molecule has 0 amide bonds. The number of halogens is 1. The van der Waals surface area contributed by atoms with E-state index in [9.17, 15) is 9.90 Å². The zero-order valence-electron chi connectivity index (χ0n) is 10.2. The Morgan fingerprint density at radius 2 is 1.78 bits per heavy atom. The molecule has 0 heterocycles. The van der Waals surface area contributed by atoms with Crippen LogP contribution < -0.4 is 26.3 Å². The van der Waals surface area contributed by atoms with Crippen LogP contribution in [0.25, 0.3) is 0 Å². The van der Waals surface area contributed by atoms with Crippen LogP contribution in [0.4, 0.5) is 0 Å². The molecule has 3 heteroatoms. The average molecular weight is 352 g/mol. The number of rotatable bonds is 3. The summed E-state index contributed by atoms with van der Waals surface area (Å²) in [5, 5.41) is 11.1. The molecule has 18 heavy (non-hydrogen) atoms. The number of aryl methyl sites for hydroxylation is 2. The van der Waals surface area contributed by atoms with Crippen molar-refractivity contribution < 1.29 is 31.1 Å². The molecule has 2 aromatic rings. The molecule has 0 spiro atoms. The van der Waals surface area contributed by atoms with Gasteiger partial charge in [0.25, 0.3) is 0 Å². The maximum atomic E-state index is 11.1. The van der Waals surface area contributed by atoms with Gasteiger partial charge in [-0.15, -0.1) is 0 Å². The van der Waals surface area contributed by atoms with Gasteiger partial charge in [0.05, 0.1) is 0 Å². The number of carboxylic acids is 1. The molecule has 0 atom stereocenters. The quantitative estimate of drug-likeness (QED) is 0.651. The fourth-order valence-electron chi connectivity index (χ4n) is 1.72. The Kier molecular flexibility index (Phi) is 4.01. The van der Waals surface area contributed by atoms with E-state index in [1.807, 2.05) is 12.1 Å². The molecule has 0 aliphatic rings. The van der Waals surface area contributed by atoms with E-state index in [1.54, 1.807) is 12.1 Å². The molecule has 0 saturated heterocycles. The van der Waals surface area contributed by atoms with E-state index >= 15 is 0 Å². The first-order chi connectivity index (χ1) is 8.58. The molecule has 0 bridgehead atoms. The average Bonchev–Trinajstić information content (AvgIpc) is 2.33. The summed E-state index contributed by atoms with van der Waals surface area (Å²) in [4.78, 5) is 11.1. The van der Waals surface area contributed by atoms with Crippen LogP contribution in [0.1, 0.15) is 21.5 Å². The van der Waals surface area contributed by atoms with Crippen LogP contribution in [0.15, 0.2) is 42.5 Å². The monoisotopic (exact) mass is 352 g/mol. The van der Waals surface area contributed by atoms with Crippen molar-refractivity contribution in [3.63, 3.8) is 0 Å². The number of aromatic carboxylic acids is 1. The van der Waals surface area contributed by atoms with Gasteiger partial charge >= 0.3 is 117 Å². The van der Waals surface area contributed by atoms with Gasteiger partial charge in [-0.1, -0.05) is 0 Å². The number of hydrogen-bond acceptors (Lipinski definition) is 2. The first-order valence-electron chi connectivity index (χ1n) is 5.60. The molecule has 0 aromatic heterocycles. The second kappa shape index (κ2) is 5.52. The maximum absolute atomic E-state index is 11.1. The summed E-state index contributed by atoms with van der Waals surface area (Å²) < 4.78 is 2.16. The van der Waals surface area contributed by atoms with Crippen molar-refractivity contribution in [2.24, 2.45) is 0 Å². The van der Waals surface area contributed by atoms with Crippen molar-refractivity contribution in [1.82, 2.24) is 0 Å². The zero-order valence-corrected chi connectivity index (χ0v) is 12.4. The summed E-state index contributed by atoms with van der Waals surface area (Å²) in [5.74, 6) is -1.09. The third-order valence-corrected chi connectivity index (χ3v) is 5.92. The Bertz CT molecular complexity index is 591. The van der Waals surface area contributed by atoms with E-state index in [0.717, 1.165) is 3.57 Å². The molecule has 0 unspecified atom stereocenters. The first kappa shape index (κ1) is 13.1. The van der Waals surface area contributed by atoms with E-state index in [4.69, 9.17) is 0 Å². The Balaban J connectivity index is 2.37. The third kappa shape index (κ3) is 2.90. The number of hydrogen-bond donors (Lipinski definition) is 0. The second-order valence-electron chi connectivity index (χ2n) is 4.11. The Hall–Kier alpha value is -1.36. The van der Waals surface area contributed by atoms with Crippen LogP contribution >= 0.6 is 0 Å². The molecule has 0 aliphatic heterocycles. The van der Waals surface area contributed by atoms with Gasteiger partial charge in [-0.3, -0.25) is 0 Å². The Morgan fingerprint density at radius 1 is 1.06 bits per heavy atom. The zero-order chi connectivity index (χ0) is 13.1. The third-order valence-electron chi connectivity index (χ3n) is 2.61. The van der Waals surface area contributed by atoms with Crippen LogP contribution in [0.2, 0.25) is 0 Å². The van der Waals surface area contributed by atoms with Gasteiger partial charge in [-0.2, -0.15) is 0 Å². The topological polar surface area (TPSA) is 40.1 Å². The predicted molar refractivity (Wildman–Crippen MR) is 64.1 cm³/mol. The van der Waals surface area contributed by atoms with Crippen LogP contribution in [-0.4, -0.2) is 5.97 Å². The molecular formula is C15H13IO2-2. The minimum absolute atomic E-state index is 0.324. The molecule has 0 aliphatic carbocycles. The van der Waals surface area contributed by atoms with Crippen molar-refractivity contribution in [3.05, 3.63) is 66.3 Å². The molecular weight excluding hydrogens is 339 g/mol. The number of carbonyl (C=O) groups excluding carboxylic acids is 1. The number of carbonyl (C=O) groups is 1. The van der Waals surface area contributed by atoms with Crippen LogP contribution in [0.5, 0.6) is 0 Å². The van der Waals surface area contributed by atoms with Crippen molar-refractivity contribution in [2.45, 2.75) is 13.8 Å². The molecule has 94 valence electrons. The summed E-state index contributed by atoms with van der Waals surface area (Å²) in [5.41, 5.74) is 2.79. The van der Waals surface area contributed by atoms with E-state index < -0.39 is 27.2 Å². The van der Waals surface area contributed by atoms with Gasteiger partial charge in [0.15, 0.2) is 0 Å². The molecule has 2 nitrogen and oxygen atoms in total. The van der Waals surface area contributed by atoms with Crippen molar-refractivity contribution in [2.75, 3.05) is 0 Å². The summed E-state index contributed by atoms with van der Waals surface area (Å²) >= 11 is -0.482. The van der Waals surface area contributed by atoms with Gasteiger partial charge < -0.3 is 0 Å². The second-order valence-corrected chi connectivity index (χ2v) is 6.98. The standard InChI is InChI=1S/C15H14IO2/c1-10-7-8-13(11(2)9-10)16-14-6-4-3-5-12(14)15(17)18/h3-9H,1-2H3,(H,17,18)/q-1/p-1. The first-order valence-corrected chi connectivity index (χ1v) is 7.76. The summed E-state index contributed by atoms with van der Waals surface area (Å²) in [6.07, 6.45) is 0. The van der Waals surface area contributed by atoms with Crippen molar-refractivity contribution >= 4 is 5.97 Å². The van der Waals surface area contributed by atoms with Crippen LogP contribution in [-0.2, 0) is 0 Å². The predicted octanol–water partition coefficient (Wildman–Crippen LogP) is -1.20. The normalized spacial score (nSPS) is 10.6. The molecule has 2 aromatic carbocycles. The Labute approximate surface area is 117 Å². The molecule has 0 saturated carbocycles. The van der Waals surface area contributed by atoms with E-state index in [2.05, 4.69) is 32.0 Å². The summed E-state index contributed by atoms with van der Waals surface area (Å²) in [6.45, 7) is 4.13. The fraction of sp³-hybridized carbons (Fsp3) is 0.133. The minimum atomic E-state index is -1.09. The van der Waals surface area contributed by atoms with Gasteiger partial charge in [0.1, 0.15) is 0 Å².